The predicted molar refractivity (Wildman–Crippen MR) is 82.1 cm³/mol. The summed E-state index contributed by atoms with van der Waals surface area (Å²) in [5, 5.41) is 5.67. The maximum atomic E-state index is 5.88. The van der Waals surface area contributed by atoms with Gasteiger partial charge in [-0.05, 0) is 30.5 Å². The fraction of sp³-hybridized carbons (Fsp3) is 0.375. The first kappa shape index (κ1) is 14.1. The Balaban J connectivity index is 2.30. The number of rotatable bonds is 7. The van der Waals surface area contributed by atoms with Crippen LogP contribution in [0.2, 0.25) is 0 Å². The van der Waals surface area contributed by atoms with E-state index in [-0.39, 0.29) is 6.04 Å². The van der Waals surface area contributed by atoms with Crippen LogP contribution < -0.4 is 10.1 Å². The van der Waals surface area contributed by atoms with Gasteiger partial charge in [0.25, 0.3) is 0 Å². The summed E-state index contributed by atoms with van der Waals surface area (Å²) >= 11 is 1.78. The van der Waals surface area contributed by atoms with E-state index >= 15 is 0 Å². The first-order chi connectivity index (χ1) is 9.36. The SMILES string of the molecule is CCCOc1ccccc1C(NCC)c1cccs1. The maximum Gasteiger partial charge on any atom is 0.124 e. The zero-order valence-corrected chi connectivity index (χ0v) is 12.4. The third-order valence-electron chi connectivity index (χ3n) is 2.93. The van der Waals surface area contributed by atoms with E-state index in [1.54, 1.807) is 11.3 Å². The van der Waals surface area contributed by atoms with E-state index in [1.165, 1.54) is 10.4 Å². The lowest BCUT2D eigenvalue weighted by Gasteiger charge is -2.20. The number of para-hydroxylation sites is 1. The average molecular weight is 275 g/mol. The van der Waals surface area contributed by atoms with Gasteiger partial charge in [0, 0.05) is 10.4 Å². The monoisotopic (exact) mass is 275 g/mol. The lowest BCUT2D eigenvalue weighted by Crippen LogP contribution is -2.21. The standard InChI is InChI=1S/C16H21NOS/c1-3-11-18-14-9-6-5-8-13(14)16(17-4-2)15-10-7-12-19-15/h5-10,12,16-17H,3-4,11H2,1-2H3. The quantitative estimate of drug-likeness (QED) is 0.816. The van der Waals surface area contributed by atoms with Crippen molar-refractivity contribution < 1.29 is 4.74 Å². The minimum Gasteiger partial charge on any atom is -0.493 e. The van der Waals surface area contributed by atoms with Gasteiger partial charge in [0.2, 0.25) is 0 Å². The Morgan fingerprint density at radius 2 is 2.00 bits per heavy atom. The molecular formula is C16H21NOS. The van der Waals surface area contributed by atoms with Crippen LogP contribution in [0, 0.1) is 0 Å². The van der Waals surface area contributed by atoms with Crippen molar-refractivity contribution in [3.05, 3.63) is 52.2 Å². The van der Waals surface area contributed by atoms with Crippen molar-refractivity contribution in [2.24, 2.45) is 0 Å². The molecule has 0 aliphatic rings. The Morgan fingerprint density at radius 3 is 2.68 bits per heavy atom. The molecule has 0 aliphatic heterocycles. The molecule has 3 heteroatoms. The van der Waals surface area contributed by atoms with Crippen molar-refractivity contribution in [3.63, 3.8) is 0 Å². The molecule has 2 rings (SSSR count). The lowest BCUT2D eigenvalue weighted by molar-refractivity contribution is 0.312. The highest BCUT2D eigenvalue weighted by Gasteiger charge is 2.17. The van der Waals surface area contributed by atoms with Crippen molar-refractivity contribution in [1.29, 1.82) is 0 Å². The summed E-state index contributed by atoms with van der Waals surface area (Å²) in [4.78, 5) is 1.33. The van der Waals surface area contributed by atoms with E-state index in [9.17, 15) is 0 Å². The van der Waals surface area contributed by atoms with Gasteiger partial charge in [0.1, 0.15) is 5.75 Å². The van der Waals surface area contributed by atoms with Crippen LogP contribution in [-0.2, 0) is 0 Å². The number of benzene rings is 1. The molecule has 0 radical (unpaired) electrons. The van der Waals surface area contributed by atoms with Gasteiger partial charge < -0.3 is 10.1 Å². The highest BCUT2D eigenvalue weighted by atomic mass is 32.1. The van der Waals surface area contributed by atoms with Gasteiger partial charge >= 0.3 is 0 Å². The number of ether oxygens (including phenoxy) is 1. The highest BCUT2D eigenvalue weighted by molar-refractivity contribution is 7.10. The first-order valence-corrected chi connectivity index (χ1v) is 7.73. The second-order valence-corrected chi connectivity index (χ2v) is 5.37. The third kappa shape index (κ3) is 3.58. The van der Waals surface area contributed by atoms with E-state index < -0.39 is 0 Å². The zero-order chi connectivity index (χ0) is 13.5. The van der Waals surface area contributed by atoms with Gasteiger partial charge in [-0.15, -0.1) is 11.3 Å². The van der Waals surface area contributed by atoms with E-state index in [2.05, 4.69) is 54.9 Å². The first-order valence-electron chi connectivity index (χ1n) is 6.85. The fourth-order valence-electron chi connectivity index (χ4n) is 2.09. The highest BCUT2D eigenvalue weighted by Crippen LogP contribution is 2.32. The molecule has 2 nitrogen and oxygen atoms in total. The molecule has 1 unspecified atom stereocenters. The van der Waals surface area contributed by atoms with Crippen LogP contribution in [0.3, 0.4) is 0 Å². The van der Waals surface area contributed by atoms with Crippen LogP contribution in [-0.4, -0.2) is 13.2 Å². The smallest absolute Gasteiger partial charge is 0.124 e. The summed E-state index contributed by atoms with van der Waals surface area (Å²) in [7, 11) is 0. The average Bonchev–Trinajstić information content (AvgIpc) is 2.97. The van der Waals surface area contributed by atoms with Gasteiger partial charge in [-0.2, -0.15) is 0 Å². The largest absolute Gasteiger partial charge is 0.493 e. The summed E-state index contributed by atoms with van der Waals surface area (Å²) in [6, 6.07) is 12.8. The molecule has 1 aromatic heterocycles. The van der Waals surface area contributed by atoms with Crippen LogP contribution >= 0.6 is 11.3 Å². The second-order valence-electron chi connectivity index (χ2n) is 4.39. The van der Waals surface area contributed by atoms with Crippen LogP contribution in [0.5, 0.6) is 5.75 Å². The van der Waals surface area contributed by atoms with Crippen LogP contribution in [0.25, 0.3) is 0 Å². The van der Waals surface area contributed by atoms with E-state index in [0.29, 0.717) is 0 Å². The minimum absolute atomic E-state index is 0.220. The van der Waals surface area contributed by atoms with E-state index in [1.807, 2.05) is 6.07 Å². The summed E-state index contributed by atoms with van der Waals surface area (Å²) in [6.07, 6.45) is 1.03. The molecule has 1 N–H and O–H groups in total. The van der Waals surface area contributed by atoms with Crippen molar-refractivity contribution in [2.75, 3.05) is 13.2 Å². The van der Waals surface area contributed by atoms with Gasteiger partial charge in [0.15, 0.2) is 0 Å². The molecule has 0 saturated carbocycles. The van der Waals surface area contributed by atoms with Gasteiger partial charge in [-0.3, -0.25) is 0 Å². The molecule has 102 valence electrons. The summed E-state index contributed by atoms with van der Waals surface area (Å²) in [6.45, 7) is 5.96. The molecule has 1 heterocycles. The van der Waals surface area contributed by atoms with Crippen LogP contribution in [0.15, 0.2) is 41.8 Å². The number of thiophene rings is 1. The molecule has 0 saturated heterocycles. The maximum absolute atomic E-state index is 5.88. The molecule has 1 aromatic carbocycles. The summed E-state index contributed by atoms with van der Waals surface area (Å²) in [5.74, 6) is 0.990. The summed E-state index contributed by atoms with van der Waals surface area (Å²) in [5.41, 5.74) is 1.22. The number of hydrogen-bond donors (Lipinski definition) is 1. The Bertz CT molecular complexity index is 481. The Kier molecular flexibility index (Phi) is 5.43. The molecule has 0 amide bonds. The van der Waals surface area contributed by atoms with E-state index in [4.69, 9.17) is 4.74 Å². The molecule has 0 fully saturated rings. The number of nitrogens with one attached hydrogen (secondary N) is 1. The molecule has 0 bridgehead atoms. The Labute approximate surface area is 119 Å². The van der Waals surface area contributed by atoms with Crippen molar-refractivity contribution in [2.45, 2.75) is 26.3 Å². The second kappa shape index (κ2) is 7.31. The lowest BCUT2D eigenvalue weighted by atomic mass is 10.0. The van der Waals surface area contributed by atoms with Crippen molar-refractivity contribution in [1.82, 2.24) is 5.32 Å². The topological polar surface area (TPSA) is 21.3 Å². The molecule has 0 spiro atoms. The summed E-state index contributed by atoms with van der Waals surface area (Å²) < 4.78 is 5.88. The Hall–Kier alpha value is -1.32. The van der Waals surface area contributed by atoms with E-state index in [0.717, 1.165) is 25.3 Å². The molecule has 1 atom stereocenters. The third-order valence-corrected chi connectivity index (χ3v) is 3.86. The molecular weight excluding hydrogens is 254 g/mol. The van der Waals surface area contributed by atoms with Gasteiger partial charge in [-0.25, -0.2) is 0 Å². The van der Waals surface area contributed by atoms with Crippen molar-refractivity contribution in [3.8, 4) is 5.75 Å². The van der Waals surface area contributed by atoms with Crippen LogP contribution in [0.4, 0.5) is 0 Å². The molecule has 2 aromatic rings. The predicted octanol–water partition coefficient (Wildman–Crippen LogP) is 4.24. The van der Waals surface area contributed by atoms with Gasteiger partial charge in [-0.1, -0.05) is 38.1 Å². The fourth-order valence-corrected chi connectivity index (χ4v) is 2.90. The number of hydrogen-bond acceptors (Lipinski definition) is 3. The molecule has 0 aliphatic carbocycles. The normalized spacial score (nSPS) is 12.3. The zero-order valence-electron chi connectivity index (χ0n) is 11.6. The molecule has 19 heavy (non-hydrogen) atoms. The Morgan fingerprint density at radius 1 is 1.16 bits per heavy atom. The van der Waals surface area contributed by atoms with Gasteiger partial charge in [0.05, 0.1) is 12.6 Å². The van der Waals surface area contributed by atoms with Crippen molar-refractivity contribution >= 4 is 11.3 Å². The minimum atomic E-state index is 0.220. The van der Waals surface area contributed by atoms with Crippen LogP contribution in [0.1, 0.15) is 36.8 Å².